The molecule has 0 aliphatic heterocycles. The summed E-state index contributed by atoms with van der Waals surface area (Å²) in [7, 11) is 2.35. The normalized spacial score (nSPS) is 11.0. The molecule has 9 N–H and O–H groups in total. The molecule has 18 heteroatoms. The van der Waals surface area contributed by atoms with Crippen LogP contribution in [-0.4, -0.2) is 76.2 Å². The highest BCUT2D eigenvalue weighted by Gasteiger charge is 2.25. The van der Waals surface area contributed by atoms with Crippen LogP contribution in [-0.2, 0) is 9.59 Å². The number of methoxy groups -OCH3 is 2. The molecule has 0 aliphatic carbocycles. The van der Waals surface area contributed by atoms with Gasteiger partial charge in [-0.15, -0.1) is 0 Å². The van der Waals surface area contributed by atoms with Gasteiger partial charge in [-0.05, 0) is 96.6 Å². The van der Waals surface area contributed by atoms with E-state index in [9.17, 15) is 54.5 Å². The number of nitrogens with zero attached hydrogens (tertiary/aromatic N) is 1. The maximum absolute atomic E-state index is 13.2. The molecular formula is C43H36N6O12. The second-order valence-electron chi connectivity index (χ2n) is 12.7. The molecule has 61 heavy (non-hydrogen) atoms. The first-order valence-electron chi connectivity index (χ1n) is 17.9. The summed E-state index contributed by atoms with van der Waals surface area (Å²) in [6, 6.07) is 23.0. The van der Waals surface area contributed by atoms with Gasteiger partial charge in [-0.25, -0.2) is 4.79 Å². The zero-order valence-corrected chi connectivity index (χ0v) is 32.2. The van der Waals surface area contributed by atoms with E-state index in [1.807, 2.05) is 6.07 Å². The number of benzene rings is 5. The van der Waals surface area contributed by atoms with Crippen molar-refractivity contribution >= 4 is 64.3 Å². The molecule has 0 saturated heterocycles. The van der Waals surface area contributed by atoms with Crippen LogP contribution in [0.2, 0.25) is 0 Å². The number of phenolic OH excluding ortho intramolecular Hbond substituents is 2. The molecule has 1 unspecified atom stereocenters. The second-order valence-corrected chi connectivity index (χ2v) is 12.7. The number of aromatic carboxylic acids is 1. The van der Waals surface area contributed by atoms with Crippen molar-refractivity contribution in [2.24, 2.45) is 0 Å². The number of rotatable bonds is 15. The van der Waals surface area contributed by atoms with E-state index in [4.69, 9.17) is 9.47 Å². The summed E-state index contributed by atoms with van der Waals surface area (Å²) in [5.74, 6) is -6.68. The Labute approximate surface area is 346 Å². The monoisotopic (exact) mass is 828 g/mol. The number of carboxylic acids is 1. The second kappa shape index (κ2) is 19.5. The number of carbonyl (C=O) groups excluding carboxylic acids is 5. The quantitative estimate of drug-likeness (QED) is 0.0605. The smallest absolute Gasteiger partial charge is 0.339 e. The lowest BCUT2D eigenvalue weighted by atomic mass is 10.1. The van der Waals surface area contributed by atoms with Crippen molar-refractivity contribution in [3.8, 4) is 34.8 Å². The van der Waals surface area contributed by atoms with Crippen molar-refractivity contribution in [1.82, 2.24) is 5.32 Å². The van der Waals surface area contributed by atoms with Crippen molar-refractivity contribution in [2.75, 3.05) is 35.5 Å². The molecule has 1 atom stereocenters. The number of nitriles is 1. The van der Waals surface area contributed by atoms with E-state index in [0.717, 1.165) is 13.2 Å². The average molecular weight is 829 g/mol. The highest BCUT2D eigenvalue weighted by atomic mass is 16.5. The summed E-state index contributed by atoms with van der Waals surface area (Å²) in [6.45, 7) is 0. The number of anilines is 4. The number of carbonyl (C=O) groups is 6. The molecule has 0 saturated carbocycles. The Kier molecular flexibility index (Phi) is 13.9. The van der Waals surface area contributed by atoms with Crippen molar-refractivity contribution in [3.05, 3.63) is 131 Å². The first-order chi connectivity index (χ1) is 29.2. The first-order valence-corrected chi connectivity index (χ1v) is 17.9. The van der Waals surface area contributed by atoms with E-state index < -0.39 is 58.6 Å². The average Bonchev–Trinajstić information content (AvgIpc) is 3.23. The maximum atomic E-state index is 13.2. The molecule has 5 amide bonds. The number of ether oxygens (including phenoxy) is 2. The molecule has 0 aromatic heterocycles. The van der Waals surface area contributed by atoms with Crippen LogP contribution in [0, 0.1) is 11.3 Å². The fourth-order valence-corrected chi connectivity index (χ4v) is 5.62. The van der Waals surface area contributed by atoms with Gasteiger partial charge in [0, 0.05) is 28.6 Å². The topological polar surface area (TPSA) is 286 Å². The van der Waals surface area contributed by atoms with Crippen molar-refractivity contribution in [2.45, 2.75) is 12.5 Å². The molecule has 5 aromatic rings. The van der Waals surface area contributed by atoms with Gasteiger partial charge in [-0.3, -0.25) is 24.0 Å². The Bertz CT molecular complexity index is 2570. The van der Waals surface area contributed by atoms with Gasteiger partial charge in [-0.1, -0.05) is 12.1 Å². The number of aromatic hydroxyl groups is 3. The van der Waals surface area contributed by atoms with Crippen LogP contribution >= 0.6 is 0 Å². The summed E-state index contributed by atoms with van der Waals surface area (Å²) in [5, 5.41) is 61.9. The molecule has 0 aliphatic rings. The molecule has 310 valence electrons. The van der Waals surface area contributed by atoms with Gasteiger partial charge in [0.05, 0.1) is 43.6 Å². The Morgan fingerprint density at radius 2 is 1.15 bits per heavy atom. The van der Waals surface area contributed by atoms with E-state index in [1.165, 1.54) is 92.0 Å². The van der Waals surface area contributed by atoms with Crippen molar-refractivity contribution < 1.29 is 58.7 Å². The predicted octanol–water partition coefficient (Wildman–Crippen LogP) is 5.33. The first kappa shape index (κ1) is 43.3. The number of nitrogens with one attached hydrogen (secondary N) is 5. The van der Waals surface area contributed by atoms with Crippen LogP contribution in [0.15, 0.2) is 103 Å². The molecule has 0 spiro atoms. The summed E-state index contributed by atoms with van der Waals surface area (Å²) in [4.78, 5) is 76.1. The molecule has 5 aromatic carbocycles. The van der Waals surface area contributed by atoms with Gasteiger partial charge >= 0.3 is 5.97 Å². The fourth-order valence-electron chi connectivity index (χ4n) is 5.62. The Morgan fingerprint density at radius 1 is 0.639 bits per heavy atom. The van der Waals surface area contributed by atoms with Crippen LogP contribution < -0.4 is 36.1 Å². The van der Waals surface area contributed by atoms with E-state index in [-0.39, 0.29) is 57.4 Å². The van der Waals surface area contributed by atoms with Gasteiger partial charge in [0.25, 0.3) is 17.7 Å². The number of hydrogen-bond donors (Lipinski definition) is 9. The van der Waals surface area contributed by atoms with E-state index >= 15 is 0 Å². The Hall–Kier alpha value is -8.85. The largest absolute Gasteiger partial charge is 0.508 e. The third-order valence-corrected chi connectivity index (χ3v) is 8.71. The molecule has 5 rings (SSSR count). The minimum absolute atomic E-state index is 0.0198. The summed E-state index contributed by atoms with van der Waals surface area (Å²) >= 11 is 0. The van der Waals surface area contributed by atoms with Gasteiger partial charge in [0.2, 0.25) is 11.8 Å². The van der Waals surface area contributed by atoms with Crippen molar-refractivity contribution in [1.29, 1.82) is 5.26 Å². The predicted molar refractivity (Wildman–Crippen MR) is 221 cm³/mol. The molecule has 0 bridgehead atoms. The SMILES string of the molecule is COc1c(NC(=O)c2ccc(NC(=O)c3ccc(NC(=O)C(CC#N)NC(=O)c4ccc(NC(=O)C=Cc5ccc(O)cc5)cc4)cc3)c(OC)c2O)ccc(C(=O)O)c1O. The maximum Gasteiger partial charge on any atom is 0.339 e. The van der Waals surface area contributed by atoms with Crippen LogP contribution in [0.5, 0.6) is 28.7 Å². The van der Waals surface area contributed by atoms with Crippen LogP contribution in [0.25, 0.3) is 6.08 Å². The van der Waals surface area contributed by atoms with Gasteiger partial charge in [-0.2, -0.15) is 5.26 Å². The van der Waals surface area contributed by atoms with Crippen LogP contribution in [0.4, 0.5) is 22.7 Å². The number of amides is 5. The van der Waals surface area contributed by atoms with Crippen molar-refractivity contribution in [3.63, 3.8) is 0 Å². The number of carboxylic acid groups (broad SMARTS) is 1. The molecule has 0 fully saturated rings. The minimum atomic E-state index is -1.43. The van der Waals surface area contributed by atoms with E-state index in [1.54, 1.807) is 18.2 Å². The lowest BCUT2D eigenvalue weighted by molar-refractivity contribution is -0.118. The van der Waals surface area contributed by atoms with Gasteiger partial charge < -0.3 is 56.5 Å². The number of phenols is 3. The Morgan fingerprint density at radius 3 is 1.69 bits per heavy atom. The van der Waals surface area contributed by atoms with Gasteiger partial charge in [0.15, 0.2) is 23.0 Å². The zero-order chi connectivity index (χ0) is 44.2. The summed E-state index contributed by atoms with van der Waals surface area (Å²) < 4.78 is 10.3. The minimum Gasteiger partial charge on any atom is -0.508 e. The molecule has 0 radical (unpaired) electrons. The standard InChI is InChI=1S/C43H36N6O12/c1-60-37-31(18-16-29(35(37)52)41(56)48-32-19-17-30(43(58)59)36(53)38(32)61-2)47-39(54)24-8-12-27(13-9-24)46-42(57)33(21-22-44)49-40(55)25-6-10-26(11-7-25)45-34(51)20-5-23-3-14-28(50)15-4-23/h3-20,33,50,52-53H,21H2,1-2H3,(H,45,51)(H,46,57)(H,47,54)(H,48,56)(H,49,55)(H,58,59). The van der Waals surface area contributed by atoms with E-state index in [0.29, 0.717) is 11.3 Å². The third kappa shape index (κ3) is 10.8. The third-order valence-electron chi connectivity index (χ3n) is 8.71. The molecular weight excluding hydrogens is 793 g/mol. The molecule has 0 heterocycles. The van der Waals surface area contributed by atoms with Crippen LogP contribution in [0.1, 0.15) is 53.4 Å². The summed E-state index contributed by atoms with van der Waals surface area (Å²) in [6.07, 6.45) is 2.50. The number of hydrogen-bond acceptors (Lipinski definition) is 12. The Balaban J connectivity index is 1.18. The lowest BCUT2D eigenvalue weighted by Gasteiger charge is -2.17. The van der Waals surface area contributed by atoms with Crippen LogP contribution in [0.3, 0.4) is 0 Å². The highest BCUT2D eigenvalue weighted by molar-refractivity contribution is 6.10. The zero-order valence-electron chi connectivity index (χ0n) is 32.2. The highest BCUT2D eigenvalue weighted by Crippen LogP contribution is 2.40. The van der Waals surface area contributed by atoms with E-state index in [2.05, 4.69) is 26.6 Å². The summed E-state index contributed by atoms with van der Waals surface area (Å²) in [5.41, 5.74) is 0.690. The van der Waals surface area contributed by atoms with Gasteiger partial charge in [0.1, 0.15) is 17.4 Å². The fraction of sp³-hybridized carbons (Fsp3) is 0.0930. The lowest BCUT2D eigenvalue weighted by Crippen LogP contribution is -2.43. The molecule has 18 nitrogen and oxygen atoms in total.